The van der Waals surface area contributed by atoms with Crippen molar-refractivity contribution in [1.82, 2.24) is 4.90 Å². The monoisotopic (exact) mass is 477 g/mol. The second-order valence-electron chi connectivity index (χ2n) is 8.38. The number of aliphatic hydroxyl groups is 1. The van der Waals surface area contributed by atoms with Crippen LogP contribution >= 0.6 is 0 Å². The Kier molecular flexibility index (Phi) is 9.29. The molecule has 0 radical (unpaired) electrons. The molecule has 6 heteroatoms. The molecule has 1 saturated heterocycles. The van der Waals surface area contributed by atoms with E-state index in [-0.39, 0.29) is 5.57 Å². The Morgan fingerprint density at radius 3 is 2.46 bits per heavy atom. The molecule has 0 aromatic heterocycles. The van der Waals surface area contributed by atoms with Gasteiger partial charge < -0.3 is 19.7 Å². The number of methoxy groups -OCH3 is 1. The van der Waals surface area contributed by atoms with Gasteiger partial charge in [-0.3, -0.25) is 4.90 Å². The molecule has 6 nitrogen and oxygen atoms in total. The number of para-hydroxylation sites is 2. The molecule has 186 valence electrons. The highest BCUT2D eigenvalue weighted by Gasteiger charge is 2.38. The molecule has 1 fully saturated rings. The Balaban J connectivity index is 0.00000167. The Hall–Kier alpha value is -3.35. The van der Waals surface area contributed by atoms with Crippen LogP contribution in [-0.4, -0.2) is 46.9 Å². The molecule has 4 rings (SSSR count). The van der Waals surface area contributed by atoms with E-state index in [1.54, 1.807) is 19.3 Å². The Bertz CT molecular complexity index is 1090. The molecule has 0 bridgehead atoms. The van der Waals surface area contributed by atoms with Gasteiger partial charge >= 0.3 is 5.97 Å². The van der Waals surface area contributed by atoms with E-state index in [0.29, 0.717) is 49.4 Å². The predicted octanol–water partition coefficient (Wildman–Crippen LogP) is 5.74. The summed E-state index contributed by atoms with van der Waals surface area (Å²) in [5, 5.41) is 20.9. The molecular formula is C29H35NO5. The molecular weight excluding hydrogens is 442 g/mol. The summed E-state index contributed by atoms with van der Waals surface area (Å²) in [6, 6.07) is 15.5. The number of piperidine rings is 1. The number of hydrogen-bond acceptors (Lipinski definition) is 5. The van der Waals surface area contributed by atoms with Crippen LogP contribution in [0.3, 0.4) is 0 Å². The smallest absolute Gasteiger partial charge is 0.335 e. The van der Waals surface area contributed by atoms with Gasteiger partial charge in [-0.15, -0.1) is 0 Å². The molecule has 2 aromatic carbocycles. The molecule has 2 N–H and O–H groups in total. The number of allylic oxidation sites excluding steroid dienone is 4. The lowest BCUT2D eigenvalue weighted by molar-refractivity contribution is -0.132. The lowest BCUT2D eigenvalue weighted by Crippen LogP contribution is -2.46. The first-order chi connectivity index (χ1) is 17.0. The van der Waals surface area contributed by atoms with Gasteiger partial charge in [0.1, 0.15) is 5.75 Å². The summed E-state index contributed by atoms with van der Waals surface area (Å²) in [6.45, 7) is 6.06. The fourth-order valence-electron chi connectivity index (χ4n) is 4.38. The molecule has 2 aromatic rings. The third-order valence-electron chi connectivity index (χ3n) is 6.16. The van der Waals surface area contributed by atoms with E-state index in [2.05, 4.69) is 11.0 Å². The third-order valence-corrected chi connectivity index (χ3v) is 6.16. The van der Waals surface area contributed by atoms with Crippen molar-refractivity contribution in [2.45, 2.75) is 45.3 Å². The number of hydrogen-bond donors (Lipinski definition) is 2. The van der Waals surface area contributed by atoms with E-state index < -0.39 is 11.6 Å². The first kappa shape index (κ1) is 26.3. The summed E-state index contributed by atoms with van der Waals surface area (Å²) in [5.74, 6) is 1.08. The van der Waals surface area contributed by atoms with Crippen molar-refractivity contribution in [2.24, 2.45) is 0 Å². The van der Waals surface area contributed by atoms with Gasteiger partial charge in [-0.05, 0) is 54.7 Å². The van der Waals surface area contributed by atoms with Gasteiger partial charge in [-0.1, -0.05) is 62.4 Å². The van der Waals surface area contributed by atoms with Crippen molar-refractivity contribution in [3.05, 3.63) is 89.5 Å². The maximum absolute atomic E-state index is 11.7. The second kappa shape index (κ2) is 12.4. The summed E-state index contributed by atoms with van der Waals surface area (Å²) in [5.41, 5.74) is 0.688. The van der Waals surface area contributed by atoms with Crippen LogP contribution < -0.4 is 9.47 Å². The van der Waals surface area contributed by atoms with E-state index in [4.69, 9.17) is 9.47 Å². The Morgan fingerprint density at radius 2 is 1.77 bits per heavy atom. The van der Waals surface area contributed by atoms with Crippen LogP contribution in [0, 0.1) is 0 Å². The molecule has 1 aliphatic carbocycles. The van der Waals surface area contributed by atoms with E-state index in [9.17, 15) is 15.0 Å². The number of carboxylic acids is 1. The average molecular weight is 478 g/mol. The SMILES string of the molecule is CC.COc1ccccc1Oc1cccc(CN2CCC(O)(C3=CC=CCC=C3C(=O)O)CC2)c1. The van der Waals surface area contributed by atoms with Crippen LogP contribution in [0.5, 0.6) is 17.2 Å². The van der Waals surface area contributed by atoms with Crippen molar-refractivity contribution in [1.29, 1.82) is 0 Å². The number of nitrogens with zero attached hydrogens (tertiary/aromatic N) is 1. The summed E-state index contributed by atoms with van der Waals surface area (Å²) >= 11 is 0. The number of likely N-dealkylation sites (tertiary alicyclic amines) is 1. The zero-order valence-electron chi connectivity index (χ0n) is 20.7. The number of carbonyl (C=O) groups is 1. The number of carboxylic acid groups (broad SMARTS) is 1. The standard InChI is InChI=1S/C27H29NO5.C2H6/c1-32-24-12-5-6-13-25(24)33-21-9-7-8-20(18-21)19-28-16-14-27(31,15-17-28)23-11-4-2-3-10-22(23)26(29)30;1-2/h2,4-13,18,31H,3,14-17,19H2,1H3,(H,29,30);1-2H3. The van der Waals surface area contributed by atoms with Crippen LogP contribution in [0.15, 0.2) is 84.0 Å². The number of aliphatic carboxylic acids is 1. The lowest BCUT2D eigenvalue weighted by Gasteiger charge is -2.40. The summed E-state index contributed by atoms with van der Waals surface area (Å²) in [7, 11) is 1.62. The van der Waals surface area contributed by atoms with Crippen LogP contribution in [0.4, 0.5) is 0 Å². The van der Waals surface area contributed by atoms with Crippen LogP contribution in [-0.2, 0) is 11.3 Å². The van der Waals surface area contributed by atoms with E-state index in [0.717, 1.165) is 17.9 Å². The van der Waals surface area contributed by atoms with E-state index in [1.807, 2.05) is 68.5 Å². The van der Waals surface area contributed by atoms with Gasteiger partial charge in [-0.25, -0.2) is 4.79 Å². The molecule has 0 spiro atoms. The summed E-state index contributed by atoms with van der Waals surface area (Å²) in [6.07, 6.45) is 8.67. The van der Waals surface area contributed by atoms with Gasteiger partial charge in [0.15, 0.2) is 11.5 Å². The molecule has 35 heavy (non-hydrogen) atoms. The maximum atomic E-state index is 11.7. The summed E-state index contributed by atoms with van der Waals surface area (Å²) in [4.78, 5) is 14.0. The minimum atomic E-state index is -1.13. The topological polar surface area (TPSA) is 79.2 Å². The lowest BCUT2D eigenvalue weighted by atomic mass is 9.80. The zero-order chi connectivity index (χ0) is 25.3. The van der Waals surface area contributed by atoms with Gasteiger partial charge in [0.25, 0.3) is 0 Å². The highest BCUT2D eigenvalue weighted by Crippen LogP contribution is 2.36. The van der Waals surface area contributed by atoms with Crippen molar-refractivity contribution in [2.75, 3.05) is 20.2 Å². The largest absolute Gasteiger partial charge is 0.493 e. The van der Waals surface area contributed by atoms with Crippen LogP contribution in [0.25, 0.3) is 0 Å². The molecule has 0 unspecified atom stereocenters. The fraction of sp³-hybridized carbons (Fsp3) is 0.345. The van der Waals surface area contributed by atoms with Crippen molar-refractivity contribution < 1.29 is 24.5 Å². The normalized spacial score (nSPS) is 17.3. The number of rotatable bonds is 7. The van der Waals surface area contributed by atoms with Crippen LogP contribution in [0.1, 0.15) is 38.7 Å². The quantitative estimate of drug-likeness (QED) is 0.530. The maximum Gasteiger partial charge on any atom is 0.335 e. The molecule has 0 atom stereocenters. The minimum absolute atomic E-state index is 0.206. The van der Waals surface area contributed by atoms with Gasteiger partial charge in [0, 0.05) is 19.6 Å². The van der Waals surface area contributed by atoms with Gasteiger partial charge in [0.05, 0.1) is 18.3 Å². The predicted molar refractivity (Wildman–Crippen MR) is 138 cm³/mol. The number of benzene rings is 2. The number of ether oxygens (including phenoxy) is 2. The summed E-state index contributed by atoms with van der Waals surface area (Å²) < 4.78 is 11.4. The first-order valence-corrected chi connectivity index (χ1v) is 12.1. The average Bonchev–Trinajstić information content (AvgIpc) is 3.15. The van der Waals surface area contributed by atoms with Gasteiger partial charge in [-0.2, -0.15) is 0 Å². The highest BCUT2D eigenvalue weighted by atomic mass is 16.5. The van der Waals surface area contributed by atoms with Crippen molar-refractivity contribution in [3.63, 3.8) is 0 Å². The molecule has 2 aliphatic rings. The second-order valence-corrected chi connectivity index (χ2v) is 8.38. The molecule has 1 heterocycles. The van der Waals surface area contributed by atoms with Crippen LogP contribution in [0.2, 0.25) is 0 Å². The van der Waals surface area contributed by atoms with Crippen molar-refractivity contribution in [3.8, 4) is 17.2 Å². The fourth-order valence-corrected chi connectivity index (χ4v) is 4.38. The Labute approximate surface area is 207 Å². The third kappa shape index (κ3) is 6.62. The molecule has 0 amide bonds. The highest BCUT2D eigenvalue weighted by molar-refractivity contribution is 5.92. The molecule has 0 saturated carbocycles. The Morgan fingerprint density at radius 1 is 1.06 bits per heavy atom. The first-order valence-electron chi connectivity index (χ1n) is 12.1. The van der Waals surface area contributed by atoms with E-state index >= 15 is 0 Å². The van der Waals surface area contributed by atoms with Gasteiger partial charge in [0.2, 0.25) is 0 Å². The minimum Gasteiger partial charge on any atom is -0.493 e. The zero-order valence-corrected chi connectivity index (χ0v) is 20.7. The van der Waals surface area contributed by atoms with E-state index in [1.165, 1.54) is 0 Å². The molecule has 1 aliphatic heterocycles. The van der Waals surface area contributed by atoms with Crippen molar-refractivity contribution >= 4 is 5.97 Å².